The molecule has 0 radical (unpaired) electrons. The van der Waals surface area contributed by atoms with E-state index in [1.54, 1.807) is 13.0 Å². The summed E-state index contributed by atoms with van der Waals surface area (Å²) in [5.41, 5.74) is 0.379. The van der Waals surface area contributed by atoms with E-state index < -0.39 is 23.7 Å². The van der Waals surface area contributed by atoms with Crippen molar-refractivity contribution in [2.75, 3.05) is 6.61 Å². The maximum atomic E-state index is 13.6. The Labute approximate surface area is 119 Å². The molecular weight excluding hydrogens is 281 g/mol. The normalized spacial score (nSPS) is 12.3. The van der Waals surface area contributed by atoms with Crippen LogP contribution in [0.3, 0.4) is 0 Å². The summed E-state index contributed by atoms with van der Waals surface area (Å²) in [4.78, 5) is 23.0. The molecule has 1 heterocycles. The number of halogens is 1. The fourth-order valence-electron chi connectivity index (χ4n) is 2.04. The number of aryl methyl sites for hydroxylation is 1. The van der Waals surface area contributed by atoms with Gasteiger partial charge in [-0.1, -0.05) is 12.1 Å². The van der Waals surface area contributed by atoms with E-state index in [-0.39, 0.29) is 24.4 Å². The van der Waals surface area contributed by atoms with Gasteiger partial charge in [-0.15, -0.1) is 0 Å². The van der Waals surface area contributed by atoms with E-state index in [9.17, 15) is 14.0 Å². The first-order valence-electron chi connectivity index (χ1n) is 6.27. The van der Waals surface area contributed by atoms with Gasteiger partial charge in [0.05, 0.1) is 0 Å². The molecule has 2 aromatic rings. The number of carbonyl (C=O) groups is 2. The molecule has 21 heavy (non-hydrogen) atoms. The van der Waals surface area contributed by atoms with Crippen molar-refractivity contribution >= 4 is 22.8 Å². The number of nitrogens with one attached hydrogen (secondary N) is 1. The molecule has 1 atom stereocenters. The second kappa shape index (κ2) is 5.92. The van der Waals surface area contributed by atoms with Crippen molar-refractivity contribution in [3.63, 3.8) is 0 Å². The Kier molecular flexibility index (Phi) is 4.23. The van der Waals surface area contributed by atoms with E-state index in [2.05, 4.69) is 5.32 Å². The number of amides is 1. The zero-order valence-corrected chi connectivity index (χ0v) is 11.2. The van der Waals surface area contributed by atoms with E-state index in [0.29, 0.717) is 10.9 Å². The first-order valence-corrected chi connectivity index (χ1v) is 6.27. The van der Waals surface area contributed by atoms with Gasteiger partial charge in [-0.2, -0.15) is 0 Å². The molecule has 0 aliphatic rings. The van der Waals surface area contributed by atoms with Crippen LogP contribution in [-0.2, 0) is 4.79 Å². The number of furan rings is 1. The lowest BCUT2D eigenvalue weighted by molar-refractivity contribution is -0.139. The SMILES string of the molecule is Cc1c(C(=O)N[C@@H](CCO)C(=O)O)oc2c(F)cccc12. The number of carboxylic acid groups (broad SMARTS) is 1. The second-order valence-corrected chi connectivity index (χ2v) is 4.55. The molecule has 1 aromatic heterocycles. The van der Waals surface area contributed by atoms with E-state index in [1.807, 2.05) is 0 Å². The number of fused-ring (bicyclic) bond motifs is 1. The van der Waals surface area contributed by atoms with E-state index in [0.717, 1.165) is 0 Å². The monoisotopic (exact) mass is 295 g/mol. The Morgan fingerprint density at radius 1 is 1.43 bits per heavy atom. The predicted octanol–water partition coefficient (Wildman–Crippen LogP) is 1.45. The van der Waals surface area contributed by atoms with Gasteiger partial charge in [0.2, 0.25) is 0 Å². The van der Waals surface area contributed by atoms with Gasteiger partial charge in [0.15, 0.2) is 17.2 Å². The number of aliphatic hydroxyl groups is 1. The van der Waals surface area contributed by atoms with E-state index in [1.165, 1.54) is 12.1 Å². The number of hydrogen-bond donors (Lipinski definition) is 3. The third-order valence-corrected chi connectivity index (χ3v) is 3.14. The molecule has 6 nitrogen and oxygen atoms in total. The van der Waals surface area contributed by atoms with Gasteiger partial charge in [-0.3, -0.25) is 4.79 Å². The minimum atomic E-state index is -1.27. The van der Waals surface area contributed by atoms with Crippen LogP contribution >= 0.6 is 0 Å². The van der Waals surface area contributed by atoms with Gasteiger partial charge in [0.1, 0.15) is 6.04 Å². The molecule has 1 aromatic carbocycles. The van der Waals surface area contributed by atoms with Crippen LogP contribution in [0.4, 0.5) is 4.39 Å². The van der Waals surface area contributed by atoms with Gasteiger partial charge in [0, 0.05) is 24.0 Å². The number of aliphatic carboxylic acids is 1. The number of rotatable bonds is 5. The van der Waals surface area contributed by atoms with Crippen molar-refractivity contribution in [1.29, 1.82) is 0 Å². The fourth-order valence-corrected chi connectivity index (χ4v) is 2.04. The van der Waals surface area contributed by atoms with Gasteiger partial charge in [-0.25, -0.2) is 9.18 Å². The lowest BCUT2D eigenvalue weighted by Gasteiger charge is -2.12. The highest BCUT2D eigenvalue weighted by molar-refractivity contribution is 6.00. The lowest BCUT2D eigenvalue weighted by atomic mass is 10.1. The summed E-state index contributed by atoms with van der Waals surface area (Å²) in [5, 5.41) is 20.4. The number of hydrogen-bond acceptors (Lipinski definition) is 4. The Balaban J connectivity index is 2.33. The molecule has 0 fully saturated rings. The average molecular weight is 295 g/mol. The number of carboxylic acids is 1. The number of carbonyl (C=O) groups excluding carboxylic acids is 1. The minimum Gasteiger partial charge on any atom is -0.480 e. The molecule has 0 aliphatic carbocycles. The van der Waals surface area contributed by atoms with Crippen LogP contribution in [0, 0.1) is 12.7 Å². The zero-order chi connectivity index (χ0) is 15.6. The summed E-state index contributed by atoms with van der Waals surface area (Å²) in [7, 11) is 0. The molecule has 0 saturated heterocycles. The molecule has 7 heteroatoms. The van der Waals surface area contributed by atoms with Crippen molar-refractivity contribution in [1.82, 2.24) is 5.32 Å². The molecule has 0 saturated carbocycles. The second-order valence-electron chi connectivity index (χ2n) is 4.55. The van der Waals surface area contributed by atoms with Gasteiger partial charge >= 0.3 is 5.97 Å². The minimum absolute atomic E-state index is 0.0471. The number of benzene rings is 1. The fraction of sp³-hybridized carbons (Fsp3) is 0.286. The Morgan fingerprint density at radius 3 is 2.71 bits per heavy atom. The van der Waals surface area contributed by atoms with Crippen molar-refractivity contribution < 1.29 is 28.6 Å². The highest BCUT2D eigenvalue weighted by Gasteiger charge is 2.24. The van der Waals surface area contributed by atoms with Crippen LogP contribution in [0.2, 0.25) is 0 Å². The van der Waals surface area contributed by atoms with Crippen LogP contribution in [0.5, 0.6) is 0 Å². The summed E-state index contributed by atoms with van der Waals surface area (Å²) in [6.07, 6.45) is -0.130. The quantitative estimate of drug-likeness (QED) is 0.775. The van der Waals surface area contributed by atoms with Crippen LogP contribution in [0.1, 0.15) is 22.5 Å². The molecule has 0 bridgehead atoms. The first kappa shape index (κ1) is 15.0. The third-order valence-electron chi connectivity index (χ3n) is 3.14. The van der Waals surface area contributed by atoms with E-state index in [4.69, 9.17) is 14.6 Å². The Hall–Kier alpha value is -2.41. The smallest absolute Gasteiger partial charge is 0.326 e. The highest BCUT2D eigenvalue weighted by Crippen LogP contribution is 2.27. The largest absolute Gasteiger partial charge is 0.480 e. The third kappa shape index (κ3) is 2.87. The molecule has 0 unspecified atom stereocenters. The van der Waals surface area contributed by atoms with Crippen molar-refractivity contribution in [2.24, 2.45) is 0 Å². The van der Waals surface area contributed by atoms with Gasteiger partial charge in [-0.05, 0) is 13.0 Å². The van der Waals surface area contributed by atoms with Crippen molar-refractivity contribution in [2.45, 2.75) is 19.4 Å². The molecule has 0 spiro atoms. The van der Waals surface area contributed by atoms with Crippen molar-refractivity contribution in [3.05, 3.63) is 35.3 Å². The van der Waals surface area contributed by atoms with Crippen molar-refractivity contribution in [3.8, 4) is 0 Å². The van der Waals surface area contributed by atoms with Gasteiger partial charge < -0.3 is 19.9 Å². The maximum absolute atomic E-state index is 13.6. The molecule has 0 aliphatic heterocycles. The number of para-hydroxylation sites is 1. The van der Waals surface area contributed by atoms with Crippen LogP contribution in [-0.4, -0.2) is 34.7 Å². The van der Waals surface area contributed by atoms with E-state index >= 15 is 0 Å². The van der Waals surface area contributed by atoms with Crippen LogP contribution in [0.25, 0.3) is 11.0 Å². The topological polar surface area (TPSA) is 99.8 Å². The highest BCUT2D eigenvalue weighted by atomic mass is 19.1. The summed E-state index contributed by atoms with van der Waals surface area (Å²) in [6, 6.07) is 3.07. The first-order chi connectivity index (χ1) is 9.95. The molecule has 2 rings (SSSR count). The predicted molar refractivity (Wildman–Crippen MR) is 71.5 cm³/mol. The Morgan fingerprint density at radius 2 is 2.14 bits per heavy atom. The molecular formula is C14H14FNO5. The summed E-state index contributed by atoms with van der Waals surface area (Å²) in [6.45, 7) is 1.20. The zero-order valence-electron chi connectivity index (χ0n) is 11.2. The Bertz CT molecular complexity index is 694. The number of aliphatic hydroxyl groups excluding tert-OH is 1. The summed E-state index contributed by atoms with van der Waals surface area (Å²) >= 11 is 0. The van der Waals surface area contributed by atoms with Gasteiger partial charge in [0.25, 0.3) is 5.91 Å². The van der Waals surface area contributed by atoms with Crippen LogP contribution < -0.4 is 5.32 Å². The maximum Gasteiger partial charge on any atom is 0.326 e. The average Bonchev–Trinajstić information content (AvgIpc) is 2.77. The lowest BCUT2D eigenvalue weighted by Crippen LogP contribution is -2.41. The molecule has 1 amide bonds. The summed E-state index contributed by atoms with van der Waals surface area (Å²) < 4.78 is 18.8. The molecule has 112 valence electrons. The standard InChI is InChI=1S/C14H14FNO5/c1-7-8-3-2-4-9(15)12(8)21-11(7)13(18)16-10(5-6-17)14(19)20/h2-4,10,17H,5-6H2,1H3,(H,16,18)(H,19,20)/t10-/m0/s1. The molecule has 3 N–H and O–H groups in total. The summed E-state index contributed by atoms with van der Waals surface area (Å²) in [5.74, 6) is -2.76. The van der Waals surface area contributed by atoms with Crippen LogP contribution in [0.15, 0.2) is 22.6 Å².